The molecule has 6 nitrogen and oxygen atoms in total. The fourth-order valence-electron chi connectivity index (χ4n) is 2.09. The molecule has 0 aliphatic heterocycles. The fraction of sp³-hybridized carbons (Fsp3) is 0. The summed E-state index contributed by atoms with van der Waals surface area (Å²) in [5, 5.41) is 15.8. The van der Waals surface area contributed by atoms with Crippen LogP contribution in [0.1, 0.15) is 15.2 Å². The predicted octanol–water partition coefficient (Wildman–Crippen LogP) is 4.23. The second kappa shape index (κ2) is 6.77. The number of benzene rings is 2. The number of nitrogens with one attached hydrogen (secondary N) is 1. The first-order chi connectivity index (χ1) is 11.6. The van der Waals surface area contributed by atoms with Crippen molar-refractivity contribution in [2.75, 3.05) is 0 Å². The molecule has 24 heavy (non-hydrogen) atoms. The lowest BCUT2D eigenvalue weighted by atomic mass is 10.2. The minimum absolute atomic E-state index is 0.0437. The lowest BCUT2D eigenvalue weighted by molar-refractivity contribution is -0.384. The topological polar surface area (TPSA) is 84.6 Å². The number of fused-ring (bicyclic) bond motifs is 1. The Hall–Kier alpha value is -2.77. The molecule has 0 atom stereocenters. The van der Waals surface area contributed by atoms with Crippen molar-refractivity contribution in [1.82, 2.24) is 5.43 Å². The third-order valence-electron chi connectivity index (χ3n) is 3.20. The van der Waals surface area contributed by atoms with E-state index in [-0.39, 0.29) is 5.69 Å². The van der Waals surface area contributed by atoms with Crippen LogP contribution in [0.5, 0.6) is 0 Å². The molecule has 2 aromatic carbocycles. The van der Waals surface area contributed by atoms with Crippen LogP contribution >= 0.6 is 22.9 Å². The SMILES string of the molecule is O=C(NN=Cc1cccc([N+](=O)[O-])c1)c1sc2ccccc2c1Cl. The second-order valence-corrected chi connectivity index (χ2v) is 6.22. The number of non-ortho nitro benzene ring substituents is 1. The normalized spacial score (nSPS) is 11.0. The average Bonchev–Trinajstić information content (AvgIpc) is 2.92. The smallest absolute Gasteiger partial charge is 0.266 e. The highest BCUT2D eigenvalue weighted by atomic mass is 35.5. The first kappa shape index (κ1) is 16.1. The summed E-state index contributed by atoms with van der Waals surface area (Å²) >= 11 is 7.50. The van der Waals surface area contributed by atoms with Crippen LogP contribution in [-0.4, -0.2) is 17.0 Å². The molecule has 0 unspecified atom stereocenters. The zero-order valence-corrected chi connectivity index (χ0v) is 13.7. The van der Waals surface area contributed by atoms with Gasteiger partial charge >= 0.3 is 0 Å². The summed E-state index contributed by atoms with van der Waals surface area (Å²) in [6.45, 7) is 0. The Kier molecular flexibility index (Phi) is 4.54. The van der Waals surface area contributed by atoms with E-state index in [2.05, 4.69) is 10.5 Å². The van der Waals surface area contributed by atoms with Crippen molar-refractivity contribution in [3.8, 4) is 0 Å². The van der Waals surface area contributed by atoms with Crippen LogP contribution < -0.4 is 5.43 Å². The molecule has 3 aromatic rings. The van der Waals surface area contributed by atoms with Crippen molar-refractivity contribution in [1.29, 1.82) is 0 Å². The van der Waals surface area contributed by atoms with Gasteiger partial charge in [0, 0.05) is 27.8 Å². The van der Waals surface area contributed by atoms with Crippen LogP contribution in [-0.2, 0) is 0 Å². The average molecular weight is 360 g/mol. The Morgan fingerprint density at radius 2 is 2.04 bits per heavy atom. The Labute approximate surface area is 145 Å². The quantitative estimate of drug-likeness (QED) is 0.430. The molecule has 0 fully saturated rings. The van der Waals surface area contributed by atoms with Gasteiger partial charge in [-0.05, 0) is 6.07 Å². The number of carbonyl (C=O) groups is 1. The van der Waals surface area contributed by atoms with Gasteiger partial charge in [0.1, 0.15) is 4.88 Å². The standard InChI is InChI=1S/C16H10ClN3O3S/c17-14-12-6-1-2-7-13(12)24-15(14)16(21)19-18-9-10-4-3-5-11(8-10)20(22)23/h1-9H,(H,19,21). The maximum Gasteiger partial charge on any atom is 0.283 e. The molecular formula is C16H10ClN3O3S. The van der Waals surface area contributed by atoms with Gasteiger partial charge in [0.15, 0.2) is 0 Å². The summed E-state index contributed by atoms with van der Waals surface area (Å²) in [6.07, 6.45) is 1.34. The Balaban J connectivity index is 1.76. The molecule has 0 saturated carbocycles. The minimum Gasteiger partial charge on any atom is -0.266 e. The molecule has 1 heterocycles. The number of hydrogen-bond donors (Lipinski definition) is 1. The van der Waals surface area contributed by atoms with E-state index >= 15 is 0 Å². The van der Waals surface area contributed by atoms with Crippen molar-refractivity contribution in [3.05, 3.63) is 74.1 Å². The summed E-state index contributed by atoms with van der Waals surface area (Å²) in [5.41, 5.74) is 2.85. The van der Waals surface area contributed by atoms with E-state index < -0.39 is 10.8 Å². The lowest BCUT2D eigenvalue weighted by Crippen LogP contribution is -2.16. The minimum atomic E-state index is -0.493. The summed E-state index contributed by atoms with van der Waals surface area (Å²) in [7, 11) is 0. The van der Waals surface area contributed by atoms with E-state index in [1.165, 1.54) is 29.7 Å². The summed E-state index contributed by atoms with van der Waals surface area (Å²) in [6, 6.07) is 13.4. The van der Waals surface area contributed by atoms with Gasteiger partial charge in [-0.15, -0.1) is 11.3 Å². The summed E-state index contributed by atoms with van der Waals surface area (Å²) in [5.74, 6) is -0.428. The Morgan fingerprint density at radius 3 is 2.79 bits per heavy atom. The molecule has 3 rings (SSSR count). The van der Waals surface area contributed by atoms with Crippen molar-refractivity contribution < 1.29 is 9.72 Å². The van der Waals surface area contributed by atoms with Crippen molar-refractivity contribution >= 4 is 50.8 Å². The van der Waals surface area contributed by atoms with E-state index in [1.54, 1.807) is 12.1 Å². The molecule has 0 aliphatic carbocycles. The number of nitrogens with zero attached hydrogens (tertiary/aromatic N) is 2. The fourth-order valence-corrected chi connectivity index (χ4v) is 3.50. The van der Waals surface area contributed by atoms with Gasteiger partial charge in [-0.25, -0.2) is 5.43 Å². The van der Waals surface area contributed by atoms with E-state index in [0.29, 0.717) is 15.5 Å². The van der Waals surface area contributed by atoms with Gasteiger partial charge in [-0.2, -0.15) is 5.10 Å². The molecule has 0 spiro atoms. The van der Waals surface area contributed by atoms with E-state index in [0.717, 1.165) is 10.1 Å². The number of halogens is 1. The highest BCUT2D eigenvalue weighted by molar-refractivity contribution is 7.21. The van der Waals surface area contributed by atoms with E-state index in [9.17, 15) is 14.9 Å². The molecule has 8 heteroatoms. The highest BCUT2D eigenvalue weighted by Crippen LogP contribution is 2.34. The summed E-state index contributed by atoms with van der Waals surface area (Å²) in [4.78, 5) is 22.8. The van der Waals surface area contributed by atoms with Gasteiger partial charge in [0.2, 0.25) is 0 Å². The van der Waals surface area contributed by atoms with Gasteiger partial charge in [0.05, 0.1) is 16.2 Å². The van der Waals surface area contributed by atoms with Crippen LogP contribution in [0, 0.1) is 10.1 Å². The van der Waals surface area contributed by atoms with Crippen molar-refractivity contribution in [2.24, 2.45) is 5.10 Å². The van der Waals surface area contributed by atoms with Gasteiger partial charge < -0.3 is 0 Å². The monoisotopic (exact) mass is 359 g/mol. The van der Waals surface area contributed by atoms with Crippen LogP contribution in [0.3, 0.4) is 0 Å². The van der Waals surface area contributed by atoms with Crippen LogP contribution in [0.25, 0.3) is 10.1 Å². The zero-order valence-electron chi connectivity index (χ0n) is 12.1. The lowest BCUT2D eigenvalue weighted by Gasteiger charge is -1.97. The van der Waals surface area contributed by atoms with Gasteiger partial charge in [-0.1, -0.05) is 41.9 Å². The maximum absolute atomic E-state index is 12.2. The molecule has 1 aromatic heterocycles. The first-order valence-electron chi connectivity index (χ1n) is 6.81. The van der Waals surface area contributed by atoms with E-state index in [4.69, 9.17) is 11.6 Å². The number of nitro benzene ring substituents is 1. The highest BCUT2D eigenvalue weighted by Gasteiger charge is 2.16. The summed E-state index contributed by atoms with van der Waals surface area (Å²) < 4.78 is 0.912. The van der Waals surface area contributed by atoms with Crippen LogP contribution in [0.15, 0.2) is 53.6 Å². The largest absolute Gasteiger partial charge is 0.283 e. The number of amides is 1. The number of nitro groups is 1. The molecule has 0 saturated heterocycles. The van der Waals surface area contributed by atoms with Gasteiger partial charge in [0.25, 0.3) is 11.6 Å². The predicted molar refractivity (Wildman–Crippen MR) is 95.0 cm³/mol. The molecule has 120 valence electrons. The number of thiophene rings is 1. The third kappa shape index (κ3) is 3.27. The van der Waals surface area contributed by atoms with Crippen molar-refractivity contribution in [2.45, 2.75) is 0 Å². The zero-order chi connectivity index (χ0) is 17.1. The Bertz CT molecular complexity index is 968. The number of hydrazone groups is 1. The molecule has 0 bridgehead atoms. The molecule has 0 aliphatic rings. The number of carbonyl (C=O) groups excluding carboxylic acids is 1. The molecule has 1 amide bonds. The first-order valence-corrected chi connectivity index (χ1v) is 8.00. The Morgan fingerprint density at radius 1 is 1.25 bits per heavy atom. The van der Waals surface area contributed by atoms with Gasteiger partial charge in [-0.3, -0.25) is 14.9 Å². The molecule has 0 radical (unpaired) electrons. The molecule has 1 N–H and O–H groups in total. The number of hydrogen-bond acceptors (Lipinski definition) is 5. The number of rotatable bonds is 4. The second-order valence-electron chi connectivity index (χ2n) is 4.79. The van der Waals surface area contributed by atoms with Crippen molar-refractivity contribution in [3.63, 3.8) is 0 Å². The van der Waals surface area contributed by atoms with Crippen LogP contribution in [0.2, 0.25) is 5.02 Å². The molecular weight excluding hydrogens is 350 g/mol. The third-order valence-corrected chi connectivity index (χ3v) is 4.88. The van der Waals surface area contributed by atoms with E-state index in [1.807, 2.05) is 24.3 Å². The maximum atomic E-state index is 12.2. The van der Waals surface area contributed by atoms with Crippen LogP contribution in [0.4, 0.5) is 5.69 Å².